The fraction of sp³-hybridized carbons (Fsp3) is 0.294. The quantitative estimate of drug-likeness (QED) is 0.225. The minimum absolute atomic E-state index is 0.0133. The maximum atomic E-state index is 14.9. The molecule has 1 fully saturated rings. The van der Waals surface area contributed by atoms with Gasteiger partial charge >= 0.3 is 0 Å². The Kier molecular flexibility index (Phi) is 8.39. The van der Waals surface area contributed by atoms with E-state index in [-0.39, 0.29) is 5.56 Å². The molecule has 5 rings (SSSR count). The SMILES string of the molecule is COc1ccc(-c2c(-c3ccc(C#N)c(F)c3)nc(N3CCC(C)CC3)c(C)c2OC)cc1OCc1ccccc1. The summed E-state index contributed by atoms with van der Waals surface area (Å²) >= 11 is 0. The van der Waals surface area contributed by atoms with Crippen LogP contribution in [0.25, 0.3) is 22.4 Å². The van der Waals surface area contributed by atoms with Gasteiger partial charge in [-0.15, -0.1) is 0 Å². The monoisotopic (exact) mass is 551 g/mol. The Labute approximate surface area is 240 Å². The number of nitriles is 1. The Morgan fingerprint density at radius 1 is 0.951 bits per heavy atom. The maximum absolute atomic E-state index is 14.9. The lowest BCUT2D eigenvalue weighted by Crippen LogP contribution is -2.34. The van der Waals surface area contributed by atoms with Gasteiger partial charge in [-0.05, 0) is 61.1 Å². The highest BCUT2D eigenvalue weighted by atomic mass is 19.1. The van der Waals surface area contributed by atoms with Gasteiger partial charge in [-0.1, -0.05) is 49.4 Å². The van der Waals surface area contributed by atoms with Crippen LogP contribution in [0.4, 0.5) is 10.2 Å². The van der Waals surface area contributed by atoms with Gasteiger partial charge in [0.25, 0.3) is 0 Å². The van der Waals surface area contributed by atoms with Crippen molar-refractivity contribution in [2.24, 2.45) is 5.92 Å². The standard InChI is InChI=1S/C34H34FN3O3/c1-22-14-16-38(17-15-22)34-23(2)33(40-4)31(32(37-34)26-10-11-27(20-36)28(35)18-26)25-12-13-29(39-3)30(19-25)41-21-24-8-6-5-7-9-24/h5-13,18-19,22H,14-17,21H2,1-4H3. The number of nitrogens with zero attached hydrogens (tertiary/aromatic N) is 3. The van der Waals surface area contributed by atoms with Gasteiger partial charge in [0.2, 0.25) is 0 Å². The van der Waals surface area contributed by atoms with Crippen molar-refractivity contribution in [1.29, 1.82) is 5.26 Å². The number of piperidine rings is 1. The highest BCUT2D eigenvalue weighted by Crippen LogP contribution is 2.46. The zero-order valence-electron chi connectivity index (χ0n) is 23.9. The van der Waals surface area contributed by atoms with Gasteiger partial charge in [0.05, 0.1) is 31.0 Å². The molecule has 1 aliphatic rings. The second-order valence-corrected chi connectivity index (χ2v) is 10.4. The van der Waals surface area contributed by atoms with Gasteiger partial charge in [-0.25, -0.2) is 9.37 Å². The molecule has 210 valence electrons. The lowest BCUT2D eigenvalue weighted by molar-refractivity contribution is 0.284. The number of hydrogen-bond acceptors (Lipinski definition) is 6. The smallest absolute Gasteiger partial charge is 0.162 e. The van der Waals surface area contributed by atoms with Crippen molar-refractivity contribution in [3.63, 3.8) is 0 Å². The van der Waals surface area contributed by atoms with Crippen LogP contribution < -0.4 is 19.1 Å². The number of benzene rings is 3. The van der Waals surface area contributed by atoms with Gasteiger partial charge in [0, 0.05) is 24.2 Å². The van der Waals surface area contributed by atoms with Crippen LogP contribution in [-0.2, 0) is 6.61 Å². The van der Waals surface area contributed by atoms with Crippen LogP contribution in [0.1, 0.15) is 36.5 Å². The fourth-order valence-corrected chi connectivity index (χ4v) is 5.34. The van der Waals surface area contributed by atoms with Crippen molar-refractivity contribution < 1.29 is 18.6 Å². The number of pyridine rings is 1. The van der Waals surface area contributed by atoms with E-state index in [9.17, 15) is 9.65 Å². The zero-order valence-corrected chi connectivity index (χ0v) is 23.9. The summed E-state index contributed by atoms with van der Waals surface area (Å²) in [6.07, 6.45) is 2.15. The molecule has 1 saturated heterocycles. The Morgan fingerprint density at radius 3 is 2.34 bits per heavy atom. The van der Waals surface area contributed by atoms with Crippen molar-refractivity contribution in [2.75, 3.05) is 32.2 Å². The molecule has 0 aliphatic carbocycles. The van der Waals surface area contributed by atoms with Crippen LogP contribution in [0, 0.1) is 30.0 Å². The number of hydrogen-bond donors (Lipinski definition) is 0. The van der Waals surface area contributed by atoms with Crippen molar-refractivity contribution in [3.05, 3.63) is 89.2 Å². The third-order valence-corrected chi connectivity index (χ3v) is 7.70. The Balaban J connectivity index is 1.68. The molecule has 2 heterocycles. The molecule has 0 amide bonds. The first-order chi connectivity index (χ1) is 19.9. The van der Waals surface area contributed by atoms with E-state index in [0.717, 1.165) is 54.0 Å². The lowest BCUT2D eigenvalue weighted by atomic mass is 9.94. The number of anilines is 1. The summed E-state index contributed by atoms with van der Waals surface area (Å²) in [4.78, 5) is 7.45. The third kappa shape index (κ3) is 5.83. The van der Waals surface area contributed by atoms with Crippen LogP contribution in [0.3, 0.4) is 0 Å². The van der Waals surface area contributed by atoms with Gasteiger partial charge in [-0.3, -0.25) is 0 Å². The molecule has 41 heavy (non-hydrogen) atoms. The molecule has 1 aliphatic heterocycles. The molecule has 7 heteroatoms. The first kappa shape index (κ1) is 28.0. The van der Waals surface area contributed by atoms with Crippen molar-refractivity contribution in [1.82, 2.24) is 4.98 Å². The molecule has 3 aromatic carbocycles. The summed E-state index contributed by atoms with van der Waals surface area (Å²) in [5, 5.41) is 9.32. The van der Waals surface area contributed by atoms with Crippen LogP contribution in [0.15, 0.2) is 66.7 Å². The molecule has 0 atom stereocenters. The predicted molar refractivity (Wildman–Crippen MR) is 159 cm³/mol. The lowest BCUT2D eigenvalue weighted by Gasteiger charge is -2.33. The van der Waals surface area contributed by atoms with Crippen LogP contribution in [0.2, 0.25) is 0 Å². The van der Waals surface area contributed by atoms with E-state index < -0.39 is 5.82 Å². The van der Waals surface area contributed by atoms with E-state index in [1.165, 1.54) is 12.1 Å². The average Bonchev–Trinajstić information content (AvgIpc) is 3.00. The molecule has 0 spiro atoms. The van der Waals surface area contributed by atoms with E-state index in [1.54, 1.807) is 20.3 Å². The Morgan fingerprint density at radius 2 is 1.68 bits per heavy atom. The molecule has 0 saturated carbocycles. The molecule has 1 aromatic heterocycles. The summed E-state index contributed by atoms with van der Waals surface area (Å²) < 4.78 is 32.8. The molecule has 0 bridgehead atoms. The van der Waals surface area contributed by atoms with E-state index in [0.29, 0.717) is 41.0 Å². The van der Waals surface area contributed by atoms with Crippen LogP contribution >= 0.6 is 0 Å². The molecule has 0 radical (unpaired) electrons. The zero-order chi connectivity index (χ0) is 28.9. The number of rotatable bonds is 8. The van der Waals surface area contributed by atoms with E-state index in [2.05, 4.69) is 11.8 Å². The Hall–Kier alpha value is -4.57. The number of aromatic nitrogens is 1. The van der Waals surface area contributed by atoms with Gasteiger partial charge in [0.1, 0.15) is 30.1 Å². The normalized spacial score (nSPS) is 13.5. The molecule has 6 nitrogen and oxygen atoms in total. The molecule has 4 aromatic rings. The average molecular weight is 552 g/mol. The second-order valence-electron chi connectivity index (χ2n) is 10.4. The second kappa shape index (κ2) is 12.3. The van der Waals surface area contributed by atoms with Gasteiger partial charge < -0.3 is 19.1 Å². The number of methoxy groups -OCH3 is 2. The summed E-state index contributed by atoms with van der Waals surface area (Å²) in [5.74, 6) is 2.72. The molecular weight excluding hydrogens is 517 g/mol. The molecule has 0 N–H and O–H groups in total. The summed E-state index contributed by atoms with van der Waals surface area (Å²) in [7, 11) is 3.25. The number of ether oxygens (including phenoxy) is 3. The van der Waals surface area contributed by atoms with E-state index in [4.69, 9.17) is 19.2 Å². The minimum Gasteiger partial charge on any atom is -0.496 e. The van der Waals surface area contributed by atoms with Crippen molar-refractivity contribution in [2.45, 2.75) is 33.3 Å². The summed E-state index contributed by atoms with van der Waals surface area (Å²) in [6.45, 7) is 6.43. The minimum atomic E-state index is -0.591. The van der Waals surface area contributed by atoms with E-state index >= 15 is 0 Å². The van der Waals surface area contributed by atoms with E-state index in [1.807, 2.05) is 61.5 Å². The maximum Gasteiger partial charge on any atom is 0.162 e. The van der Waals surface area contributed by atoms with Crippen LogP contribution in [0.5, 0.6) is 17.2 Å². The fourth-order valence-electron chi connectivity index (χ4n) is 5.34. The van der Waals surface area contributed by atoms with Gasteiger partial charge in [-0.2, -0.15) is 5.26 Å². The highest BCUT2D eigenvalue weighted by Gasteiger charge is 2.26. The first-order valence-electron chi connectivity index (χ1n) is 13.8. The first-order valence-corrected chi connectivity index (χ1v) is 13.8. The Bertz CT molecular complexity index is 1570. The topological polar surface area (TPSA) is 67.6 Å². The summed E-state index contributed by atoms with van der Waals surface area (Å²) in [5.41, 5.74) is 4.57. The third-order valence-electron chi connectivity index (χ3n) is 7.70. The van der Waals surface area contributed by atoms with Crippen molar-refractivity contribution >= 4 is 5.82 Å². The van der Waals surface area contributed by atoms with Gasteiger partial charge in [0.15, 0.2) is 11.5 Å². The highest BCUT2D eigenvalue weighted by molar-refractivity contribution is 5.89. The summed E-state index contributed by atoms with van der Waals surface area (Å²) in [6, 6.07) is 22.1. The molecular formula is C34H34FN3O3. The van der Waals surface area contributed by atoms with Crippen molar-refractivity contribution in [3.8, 4) is 45.7 Å². The predicted octanol–water partition coefficient (Wildman–Crippen LogP) is 7.57. The number of halogens is 1. The molecule has 0 unspecified atom stereocenters. The largest absolute Gasteiger partial charge is 0.496 e. The van der Waals surface area contributed by atoms with Crippen LogP contribution in [-0.4, -0.2) is 32.3 Å².